The van der Waals surface area contributed by atoms with E-state index in [1.807, 2.05) is 18.2 Å². The molecule has 1 heterocycles. The fourth-order valence-corrected chi connectivity index (χ4v) is 3.36. The summed E-state index contributed by atoms with van der Waals surface area (Å²) in [5.74, 6) is 2.32. The second-order valence-corrected chi connectivity index (χ2v) is 6.61. The van der Waals surface area contributed by atoms with E-state index in [0.29, 0.717) is 6.54 Å². The Morgan fingerprint density at radius 2 is 1.81 bits per heavy atom. The van der Waals surface area contributed by atoms with Gasteiger partial charge >= 0.3 is 0 Å². The molecule has 1 aliphatic rings. The van der Waals surface area contributed by atoms with Crippen molar-refractivity contribution in [2.45, 2.75) is 38.6 Å². The van der Waals surface area contributed by atoms with Gasteiger partial charge in [-0.05, 0) is 45.0 Å². The molecule has 0 amide bonds. The number of aliphatic imine (C=N–C) groups is 1. The molecule has 0 aliphatic carbocycles. The van der Waals surface area contributed by atoms with Crippen molar-refractivity contribution < 1.29 is 9.47 Å². The molecule has 1 aromatic rings. The van der Waals surface area contributed by atoms with E-state index in [1.165, 1.54) is 38.8 Å². The molecule has 0 saturated carbocycles. The predicted molar refractivity (Wildman–Crippen MR) is 123 cm³/mol. The van der Waals surface area contributed by atoms with Crippen LogP contribution in [0, 0.1) is 0 Å². The van der Waals surface area contributed by atoms with Crippen molar-refractivity contribution in [3.63, 3.8) is 0 Å². The molecule has 0 spiro atoms. The molecule has 2 N–H and O–H groups in total. The maximum Gasteiger partial charge on any atom is 0.191 e. The van der Waals surface area contributed by atoms with E-state index in [-0.39, 0.29) is 24.0 Å². The van der Waals surface area contributed by atoms with Crippen LogP contribution in [0.5, 0.6) is 11.5 Å². The number of guanidine groups is 1. The molecule has 27 heavy (non-hydrogen) atoms. The highest BCUT2D eigenvalue weighted by molar-refractivity contribution is 14.0. The van der Waals surface area contributed by atoms with Crippen LogP contribution in [0.25, 0.3) is 0 Å². The van der Waals surface area contributed by atoms with Gasteiger partial charge in [-0.1, -0.05) is 25.0 Å². The molecule has 6 nitrogen and oxygen atoms in total. The van der Waals surface area contributed by atoms with E-state index in [4.69, 9.17) is 9.47 Å². The van der Waals surface area contributed by atoms with Crippen molar-refractivity contribution in [3.8, 4) is 11.5 Å². The van der Waals surface area contributed by atoms with Crippen molar-refractivity contribution in [2.24, 2.45) is 4.99 Å². The third kappa shape index (κ3) is 8.13. The topological polar surface area (TPSA) is 58.1 Å². The maximum absolute atomic E-state index is 5.48. The summed E-state index contributed by atoms with van der Waals surface area (Å²) < 4.78 is 10.8. The second kappa shape index (κ2) is 13.9. The Morgan fingerprint density at radius 3 is 2.44 bits per heavy atom. The molecule has 7 heteroatoms. The largest absolute Gasteiger partial charge is 0.493 e. The molecule has 1 saturated heterocycles. The number of halogens is 1. The molecular formula is C20H35IN4O2. The van der Waals surface area contributed by atoms with Gasteiger partial charge in [-0.15, -0.1) is 24.0 Å². The van der Waals surface area contributed by atoms with Gasteiger partial charge in [-0.3, -0.25) is 4.99 Å². The number of nitrogens with zero attached hydrogens (tertiary/aromatic N) is 2. The quantitative estimate of drug-likeness (QED) is 0.254. The van der Waals surface area contributed by atoms with Crippen molar-refractivity contribution in [1.29, 1.82) is 0 Å². The number of nitrogens with one attached hydrogen (secondary N) is 2. The highest BCUT2D eigenvalue weighted by Gasteiger charge is 2.10. The van der Waals surface area contributed by atoms with Crippen molar-refractivity contribution in [3.05, 3.63) is 23.8 Å². The van der Waals surface area contributed by atoms with Crippen LogP contribution >= 0.6 is 24.0 Å². The van der Waals surface area contributed by atoms with Crippen LogP contribution in [-0.4, -0.2) is 58.3 Å². The van der Waals surface area contributed by atoms with E-state index in [1.54, 1.807) is 21.3 Å². The van der Waals surface area contributed by atoms with Gasteiger partial charge in [0.25, 0.3) is 0 Å². The Labute approximate surface area is 181 Å². The molecule has 1 aromatic carbocycles. The fourth-order valence-electron chi connectivity index (χ4n) is 3.36. The first-order valence-corrected chi connectivity index (χ1v) is 9.65. The number of para-hydroxylation sites is 1. The molecule has 1 aliphatic heterocycles. The summed E-state index contributed by atoms with van der Waals surface area (Å²) in [5.41, 5.74) is 1.04. The molecule has 1 fully saturated rings. The summed E-state index contributed by atoms with van der Waals surface area (Å²) in [5, 5.41) is 6.75. The van der Waals surface area contributed by atoms with Gasteiger partial charge in [0.1, 0.15) is 0 Å². The first-order valence-electron chi connectivity index (χ1n) is 9.65. The predicted octanol–water partition coefficient (Wildman–Crippen LogP) is 3.25. The highest BCUT2D eigenvalue weighted by Crippen LogP contribution is 2.30. The average molecular weight is 490 g/mol. The van der Waals surface area contributed by atoms with Gasteiger partial charge in [0.15, 0.2) is 17.5 Å². The molecule has 154 valence electrons. The van der Waals surface area contributed by atoms with Gasteiger partial charge in [-0.2, -0.15) is 0 Å². The Balaban J connectivity index is 0.00000364. The number of ether oxygens (including phenoxy) is 2. The first kappa shape index (κ1) is 23.8. The SMILES string of the molecule is CN=C(NCCCN1CCCCCC1)NCc1cccc(OC)c1OC.I. The Bertz CT molecular complexity index is 561. The number of rotatable bonds is 8. The van der Waals surface area contributed by atoms with Crippen LogP contribution < -0.4 is 20.1 Å². The van der Waals surface area contributed by atoms with Gasteiger partial charge in [-0.25, -0.2) is 0 Å². The lowest BCUT2D eigenvalue weighted by molar-refractivity contribution is 0.282. The third-order valence-corrected chi connectivity index (χ3v) is 4.80. The zero-order chi connectivity index (χ0) is 18.6. The molecule has 0 unspecified atom stereocenters. The minimum atomic E-state index is 0. The number of likely N-dealkylation sites (tertiary alicyclic amines) is 1. The summed E-state index contributed by atoms with van der Waals surface area (Å²) in [7, 11) is 5.12. The van der Waals surface area contributed by atoms with Gasteiger partial charge < -0.3 is 25.0 Å². The van der Waals surface area contributed by atoms with Crippen LogP contribution in [0.1, 0.15) is 37.7 Å². The molecule has 0 bridgehead atoms. The van der Waals surface area contributed by atoms with Gasteiger partial charge in [0, 0.05) is 25.7 Å². The summed E-state index contributed by atoms with van der Waals surface area (Å²) in [6.45, 7) is 5.22. The van der Waals surface area contributed by atoms with Gasteiger partial charge in [0.05, 0.1) is 14.2 Å². The van der Waals surface area contributed by atoms with Crippen LogP contribution in [0.4, 0.5) is 0 Å². The van der Waals surface area contributed by atoms with Crippen molar-refractivity contribution in [1.82, 2.24) is 15.5 Å². The Kier molecular flexibility index (Phi) is 12.2. The van der Waals surface area contributed by atoms with E-state index in [2.05, 4.69) is 20.5 Å². The number of methoxy groups -OCH3 is 2. The first-order chi connectivity index (χ1) is 12.8. The lowest BCUT2D eigenvalue weighted by Crippen LogP contribution is -2.38. The third-order valence-electron chi connectivity index (χ3n) is 4.80. The summed E-state index contributed by atoms with van der Waals surface area (Å²) >= 11 is 0. The number of hydrogen-bond acceptors (Lipinski definition) is 4. The van der Waals surface area contributed by atoms with Crippen molar-refractivity contribution >= 4 is 29.9 Å². The summed E-state index contributed by atoms with van der Waals surface area (Å²) in [6.07, 6.45) is 6.60. The molecular weight excluding hydrogens is 455 g/mol. The monoisotopic (exact) mass is 490 g/mol. The lowest BCUT2D eigenvalue weighted by atomic mass is 10.2. The van der Waals surface area contributed by atoms with Crippen LogP contribution in [-0.2, 0) is 6.54 Å². The Hall–Kier alpha value is -1.22. The maximum atomic E-state index is 5.48. The Morgan fingerprint density at radius 1 is 1.07 bits per heavy atom. The minimum Gasteiger partial charge on any atom is -0.493 e. The minimum absolute atomic E-state index is 0. The second-order valence-electron chi connectivity index (χ2n) is 6.61. The summed E-state index contributed by atoms with van der Waals surface area (Å²) in [4.78, 5) is 6.90. The molecule has 0 radical (unpaired) electrons. The van der Waals surface area contributed by atoms with Crippen molar-refractivity contribution in [2.75, 3.05) is 47.4 Å². The lowest BCUT2D eigenvalue weighted by Gasteiger charge is -2.20. The normalized spacial score (nSPS) is 15.4. The van der Waals surface area contributed by atoms with E-state index in [9.17, 15) is 0 Å². The average Bonchev–Trinajstić information content (AvgIpc) is 2.95. The number of hydrogen-bond donors (Lipinski definition) is 2. The molecule has 0 aromatic heterocycles. The molecule has 0 atom stereocenters. The van der Waals surface area contributed by atoms with E-state index >= 15 is 0 Å². The standard InChI is InChI=1S/C20H34N4O2.HI/c1-21-20(22-12-9-15-24-13-6-4-5-7-14-24)23-16-17-10-8-11-18(25-2)19(17)26-3;/h8,10-11H,4-7,9,12-16H2,1-3H3,(H2,21,22,23);1H. The van der Waals surface area contributed by atoms with E-state index in [0.717, 1.165) is 42.5 Å². The van der Waals surface area contributed by atoms with Crippen LogP contribution in [0.3, 0.4) is 0 Å². The van der Waals surface area contributed by atoms with E-state index < -0.39 is 0 Å². The van der Waals surface area contributed by atoms with Crippen LogP contribution in [0.2, 0.25) is 0 Å². The zero-order valence-electron chi connectivity index (χ0n) is 16.9. The van der Waals surface area contributed by atoms with Gasteiger partial charge in [0.2, 0.25) is 0 Å². The summed E-state index contributed by atoms with van der Waals surface area (Å²) in [6, 6.07) is 5.90. The zero-order valence-corrected chi connectivity index (χ0v) is 19.3. The number of benzene rings is 1. The molecule has 2 rings (SSSR count). The fraction of sp³-hybridized carbons (Fsp3) is 0.650. The highest BCUT2D eigenvalue weighted by atomic mass is 127. The van der Waals surface area contributed by atoms with Crippen LogP contribution in [0.15, 0.2) is 23.2 Å². The smallest absolute Gasteiger partial charge is 0.191 e.